The van der Waals surface area contributed by atoms with Gasteiger partial charge in [0.25, 0.3) is 0 Å². The maximum absolute atomic E-state index is 12.3. The number of rotatable bonds is 7. The highest BCUT2D eigenvalue weighted by molar-refractivity contribution is 5.76. The van der Waals surface area contributed by atoms with E-state index in [2.05, 4.69) is 31.0 Å². The summed E-state index contributed by atoms with van der Waals surface area (Å²) in [6, 6.07) is 9.06. The number of carbonyl (C=O) groups is 1. The third-order valence-electron chi connectivity index (χ3n) is 5.03. The average molecular weight is 302 g/mol. The first-order chi connectivity index (χ1) is 10.6. The van der Waals surface area contributed by atoms with E-state index in [1.165, 1.54) is 36.8 Å². The summed E-state index contributed by atoms with van der Waals surface area (Å²) in [7, 11) is 4.13. The van der Waals surface area contributed by atoms with Crippen molar-refractivity contribution in [1.82, 2.24) is 9.80 Å². The molecule has 0 saturated heterocycles. The third kappa shape index (κ3) is 4.84. The molecule has 0 bridgehead atoms. The fourth-order valence-electron chi connectivity index (χ4n) is 3.28. The number of hydrogen-bond donors (Lipinski definition) is 0. The van der Waals surface area contributed by atoms with E-state index in [9.17, 15) is 4.79 Å². The summed E-state index contributed by atoms with van der Waals surface area (Å²) in [6.45, 7) is 3.93. The van der Waals surface area contributed by atoms with E-state index in [1.54, 1.807) is 0 Å². The van der Waals surface area contributed by atoms with E-state index in [4.69, 9.17) is 0 Å². The van der Waals surface area contributed by atoms with Gasteiger partial charge in [-0.25, -0.2) is 0 Å². The lowest BCUT2D eigenvalue weighted by Crippen LogP contribution is -2.38. The van der Waals surface area contributed by atoms with Gasteiger partial charge in [-0.3, -0.25) is 4.79 Å². The molecule has 1 aliphatic carbocycles. The first-order valence-electron chi connectivity index (χ1n) is 8.56. The molecule has 0 unspecified atom stereocenters. The lowest BCUT2D eigenvalue weighted by molar-refractivity contribution is -0.130. The van der Waals surface area contributed by atoms with E-state index < -0.39 is 0 Å². The van der Waals surface area contributed by atoms with Crippen LogP contribution in [-0.4, -0.2) is 48.9 Å². The van der Waals surface area contributed by atoms with Crippen molar-refractivity contribution in [2.24, 2.45) is 0 Å². The number of carbonyl (C=O) groups excluding carboxylic acids is 1. The van der Waals surface area contributed by atoms with E-state index >= 15 is 0 Å². The predicted molar refractivity (Wildman–Crippen MR) is 92.0 cm³/mol. The minimum atomic E-state index is 0.253. The molecule has 1 aliphatic rings. The molecular formula is C19H30N2O. The lowest BCUT2D eigenvalue weighted by Gasteiger charge is -2.27. The summed E-state index contributed by atoms with van der Waals surface area (Å²) in [5.74, 6) is 0.253. The van der Waals surface area contributed by atoms with Gasteiger partial charge in [0.15, 0.2) is 0 Å². The molecule has 0 atom stereocenters. The second-order valence-corrected chi connectivity index (χ2v) is 6.66. The van der Waals surface area contributed by atoms with Gasteiger partial charge in [-0.2, -0.15) is 0 Å². The molecule has 1 aromatic rings. The number of amides is 1. The van der Waals surface area contributed by atoms with Crippen LogP contribution < -0.4 is 0 Å². The normalized spacial score (nSPS) is 15.5. The van der Waals surface area contributed by atoms with Crippen molar-refractivity contribution >= 4 is 5.91 Å². The van der Waals surface area contributed by atoms with Gasteiger partial charge < -0.3 is 9.80 Å². The maximum atomic E-state index is 12.3. The summed E-state index contributed by atoms with van der Waals surface area (Å²) < 4.78 is 0. The summed E-state index contributed by atoms with van der Waals surface area (Å²) in [4.78, 5) is 16.6. The molecule has 1 aromatic carbocycles. The van der Waals surface area contributed by atoms with Gasteiger partial charge in [-0.15, -0.1) is 0 Å². The van der Waals surface area contributed by atoms with E-state index in [-0.39, 0.29) is 5.91 Å². The SMILES string of the molecule is Cc1ccccc1CCC(=O)N(C)CCN(C)C1CCCC1. The van der Waals surface area contributed by atoms with Gasteiger partial charge in [0.05, 0.1) is 0 Å². The Hall–Kier alpha value is -1.35. The minimum absolute atomic E-state index is 0.253. The molecule has 122 valence electrons. The summed E-state index contributed by atoms with van der Waals surface area (Å²) in [6.07, 6.45) is 6.81. The minimum Gasteiger partial charge on any atom is -0.344 e. The standard InChI is InChI=1S/C19H30N2O/c1-16-8-4-5-9-17(16)12-13-19(22)21(3)15-14-20(2)18-10-6-7-11-18/h4-5,8-9,18H,6-7,10-15H2,1-3H3. The molecule has 22 heavy (non-hydrogen) atoms. The second-order valence-electron chi connectivity index (χ2n) is 6.66. The highest BCUT2D eigenvalue weighted by Gasteiger charge is 2.20. The molecule has 0 heterocycles. The highest BCUT2D eigenvalue weighted by atomic mass is 16.2. The molecule has 3 heteroatoms. The summed E-state index contributed by atoms with van der Waals surface area (Å²) >= 11 is 0. The van der Waals surface area contributed by atoms with Crippen molar-refractivity contribution < 1.29 is 4.79 Å². The first kappa shape index (κ1) is 17.0. The lowest BCUT2D eigenvalue weighted by atomic mass is 10.0. The van der Waals surface area contributed by atoms with Crippen LogP contribution in [0.5, 0.6) is 0 Å². The molecule has 1 fully saturated rings. The van der Waals surface area contributed by atoms with Gasteiger partial charge in [0.2, 0.25) is 5.91 Å². The quantitative estimate of drug-likeness (QED) is 0.772. The number of hydrogen-bond acceptors (Lipinski definition) is 2. The average Bonchev–Trinajstić information content (AvgIpc) is 3.05. The molecule has 0 aromatic heterocycles. The zero-order valence-electron chi connectivity index (χ0n) is 14.3. The van der Waals surface area contributed by atoms with Crippen molar-refractivity contribution in [2.45, 2.75) is 51.5 Å². The van der Waals surface area contributed by atoms with Gasteiger partial charge in [0, 0.05) is 32.6 Å². The molecule has 0 aliphatic heterocycles. The fraction of sp³-hybridized carbons (Fsp3) is 0.632. The van der Waals surface area contributed by atoms with Crippen LogP contribution in [0.3, 0.4) is 0 Å². The Bertz CT molecular complexity index is 480. The van der Waals surface area contributed by atoms with Crippen LogP contribution in [0.2, 0.25) is 0 Å². The molecule has 2 rings (SSSR count). The Kier molecular flexibility index (Phi) is 6.44. The predicted octanol–water partition coefficient (Wildman–Crippen LogP) is 3.26. The van der Waals surface area contributed by atoms with Crippen LogP contribution in [0.25, 0.3) is 0 Å². The molecule has 1 amide bonds. The molecule has 0 N–H and O–H groups in total. The number of benzene rings is 1. The Labute approximate surface area is 135 Å². The van der Waals surface area contributed by atoms with E-state index in [0.29, 0.717) is 6.42 Å². The van der Waals surface area contributed by atoms with Crippen molar-refractivity contribution in [1.29, 1.82) is 0 Å². The number of nitrogens with zero attached hydrogens (tertiary/aromatic N) is 2. The smallest absolute Gasteiger partial charge is 0.222 e. The van der Waals surface area contributed by atoms with Crippen LogP contribution in [0.15, 0.2) is 24.3 Å². The molecular weight excluding hydrogens is 272 g/mol. The van der Waals surface area contributed by atoms with Crippen LogP contribution in [0.1, 0.15) is 43.2 Å². The van der Waals surface area contributed by atoms with Crippen LogP contribution in [-0.2, 0) is 11.2 Å². The van der Waals surface area contributed by atoms with Crippen LogP contribution in [0.4, 0.5) is 0 Å². The number of likely N-dealkylation sites (N-methyl/N-ethyl adjacent to an activating group) is 2. The highest BCUT2D eigenvalue weighted by Crippen LogP contribution is 2.22. The Balaban J connectivity index is 1.71. The monoisotopic (exact) mass is 302 g/mol. The van der Waals surface area contributed by atoms with Gasteiger partial charge >= 0.3 is 0 Å². The van der Waals surface area contributed by atoms with Crippen LogP contribution in [0, 0.1) is 6.92 Å². The van der Waals surface area contributed by atoms with Crippen molar-refractivity contribution in [3.63, 3.8) is 0 Å². The first-order valence-corrected chi connectivity index (χ1v) is 8.56. The Morgan fingerprint density at radius 2 is 1.82 bits per heavy atom. The summed E-state index contributed by atoms with van der Waals surface area (Å²) in [5, 5.41) is 0. The zero-order valence-corrected chi connectivity index (χ0v) is 14.3. The molecule has 3 nitrogen and oxygen atoms in total. The molecule has 0 spiro atoms. The van der Waals surface area contributed by atoms with Crippen LogP contribution >= 0.6 is 0 Å². The Morgan fingerprint density at radius 3 is 2.50 bits per heavy atom. The number of aryl methyl sites for hydroxylation is 2. The van der Waals surface area contributed by atoms with Crippen molar-refractivity contribution in [3.05, 3.63) is 35.4 Å². The largest absolute Gasteiger partial charge is 0.344 e. The molecule has 1 saturated carbocycles. The van der Waals surface area contributed by atoms with E-state index in [0.717, 1.165) is 25.6 Å². The fourth-order valence-corrected chi connectivity index (χ4v) is 3.28. The summed E-state index contributed by atoms with van der Waals surface area (Å²) in [5.41, 5.74) is 2.56. The molecule has 0 radical (unpaired) electrons. The maximum Gasteiger partial charge on any atom is 0.222 e. The third-order valence-corrected chi connectivity index (χ3v) is 5.03. The van der Waals surface area contributed by atoms with Gasteiger partial charge in [-0.05, 0) is 44.4 Å². The topological polar surface area (TPSA) is 23.6 Å². The van der Waals surface area contributed by atoms with Crippen molar-refractivity contribution in [3.8, 4) is 0 Å². The van der Waals surface area contributed by atoms with Gasteiger partial charge in [-0.1, -0.05) is 37.1 Å². The zero-order chi connectivity index (χ0) is 15.9. The Morgan fingerprint density at radius 1 is 1.14 bits per heavy atom. The second kappa shape index (κ2) is 8.33. The van der Waals surface area contributed by atoms with E-state index in [1.807, 2.05) is 24.1 Å². The van der Waals surface area contributed by atoms with Crippen molar-refractivity contribution in [2.75, 3.05) is 27.2 Å². The van der Waals surface area contributed by atoms with Gasteiger partial charge in [0.1, 0.15) is 0 Å².